The van der Waals surface area contributed by atoms with E-state index in [1.54, 1.807) is 45.9 Å². The van der Waals surface area contributed by atoms with Gasteiger partial charge in [0.05, 0.1) is 23.0 Å². The number of nitrogens with one attached hydrogen (secondary N) is 1. The average Bonchev–Trinajstić information content (AvgIpc) is 3.38. The molecule has 0 aliphatic heterocycles. The number of anilines is 1. The number of aryl methyl sites for hydroxylation is 1. The lowest BCUT2D eigenvalue weighted by Crippen LogP contribution is -2.15. The molecule has 0 radical (unpaired) electrons. The number of aromatic nitrogens is 6. The summed E-state index contributed by atoms with van der Waals surface area (Å²) in [6.45, 7) is 1.85. The Morgan fingerprint density at radius 2 is 1.78 bits per heavy atom. The molecule has 158 valence electrons. The van der Waals surface area contributed by atoms with E-state index in [-0.39, 0.29) is 5.91 Å². The molecule has 5 aromatic rings. The van der Waals surface area contributed by atoms with E-state index in [0.29, 0.717) is 33.3 Å². The Labute approximate surface area is 196 Å². The van der Waals surface area contributed by atoms with Gasteiger partial charge < -0.3 is 5.32 Å². The Bertz CT molecular complexity index is 1440. The van der Waals surface area contributed by atoms with Crippen molar-refractivity contribution in [2.75, 3.05) is 5.32 Å². The summed E-state index contributed by atoms with van der Waals surface area (Å²) in [5.74, 6) is 0.755. The molecule has 2 aromatic carbocycles. The van der Waals surface area contributed by atoms with E-state index in [1.807, 2.05) is 31.2 Å². The monoisotopic (exact) mass is 507 g/mol. The summed E-state index contributed by atoms with van der Waals surface area (Å²) in [7, 11) is 0. The molecule has 0 atom stereocenters. The second-order valence-corrected chi connectivity index (χ2v) is 8.36. The minimum absolute atomic E-state index is 0.249. The number of rotatable bonds is 4. The molecule has 0 saturated carbocycles. The van der Waals surface area contributed by atoms with E-state index in [0.717, 1.165) is 15.9 Å². The molecule has 0 aliphatic rings. The fourth-order valence-corrected chi connectivity index (χ4v) is 3.70. The van der Waals surface area contributed by atoms with Crippen LogP contribution in [0.5, 0.6) is 0 Å². The first-order valence-electron chi connectivity index (χ1n) is 9.58. The van der Waals surface area contributed by atoms with Crippen LogP contribution in [0.15, 0.2) is 71.6 Å². The topological polar surface area (TPSA) is 90.5 Å². The van der Waals surface area contributed by atoms with Gasteiger partial charge in [0.2, 0.25) is 0 Å². The van der Waals surface area contributed by atoms with Gasteiger partial charge in [-0.25, -0.2) is 14.6 Å². The number of carbonyl (C=O) groups is 1. The van der Waals surface area contributed by atoms with Crippen molar-refractivity contribution in [2.24, 2.45) is 0 Å². The van der Waals surface area contributed by atoms with Gasteiger partial charge in [-0.05, 0) is 55.5 Å². The Morgan fingerprint density at radius 3 is 2.53 bits per heavy atom. The van der Waals surface area contributed by atoms with Gasteiger partial charge in [0.15, 0.2) is 11.5 Å². The summed E-state index contributed by atoms with van der Waals surface area (Å²) in [6, 6.07) is 16.2. The minimum atomic E-state index is -0.249. The van der Waals surface area contributed by atoms with Gasteiger partial charge in [-0.2, -0.15) is 14.9 Å². The first-order chi connectivity index (χ1) is 15.5. The smallest absolute Gasteiger partial charge is 0.256 e. The number of amides is 1. The van der Waals surface area contributed by atoms with Crippen molar-refractivity contribution in [1.82, 2.24) is 29.5 Å². The number of fused-ring (bicyclic) bond motifs is 1. The van der Waals surface area contributed by atoms with Crippen molar-refractivity contribution >= 4 is 50.3 Å². The second-order valence-electron chi connectivity index (χ2n) is 7.01. The van der Waals surface area contributed by atoms with Crippen LogP contribution in [0.2, 0.25) is 5.02 Å². The molecule has 0 fully saturated rings. The van der Waals surface area contributed by atoms with E-state index in [1.165, 1.54) is 6.33 Å². The summed E-state index contributed by atoms with van der Waals surface area (Å²) in [5.41, 5.74) is 2.68. The molecule has 0 spiro atoms. The third-order valence-electron chi connectivity index (χ3n) is 4.80. The highest BCUT2D eigenvalue weighted by Crippen LogP contribution is 2.25. The van der Waals surface area contributed by atoms with E-state index >= 15 is 0 Å². The Balaban J connectivity index is 1.55. The van der Waals surface area contributed by atoms with Crippen molar-refractivity contribution < 1.29 is 4.79 Å². The van der Waals surface area contributed by atoms with Gasteiger partial charge >= 0.3 is 0 Å². The van der Waals surface area contributed by atoms with Gasteiger partial charge in [0, 0.05) is 21.1 Å². The average molecular weight is 509 g/mol. The molecule has 5 rings (SSSR count). The van der Waals surface area contributed by atoms with Crippen LogP contribution in [0, 0.1) is 6.92 Å². The molecule has 0 aliphatic carbocycles. The lowest BCUT2D eigenvalue weighted by molar-refractivity contribution is 0.102. The van der Waals surface area contributed by atoms with Crippen LogP contribution in [0.4, 0.5) is 5.82 Å². The molecule has 3 heterocycles. The normalized spacial score (nSPS) is 11.1. The van der Waals surface area contributed by atoms with Crippen LogP contribution >= 0.6 is 27.5 Å². The molecule has 1 amide bonds. The predicted molar refractivity (Wildman–Crippen MR) is 126 cm³/mol. The van der Waals surface area contributed by atoms with E-state index in [4.69, 9.17) is 11.6 Å². The van der Waals surface area contributed by atoms with Gasteiger partial charge in [0.1, 0.15) is 12.1 Å². The van der Waals surface area contributed by atoms with Crippen LogP contribution in [-0.4, -0.2) is 35.4 Å². The van der Waals surface area contributed by atoms with Gasteiger partial charge in [-0.15, -0.1) is 0 Å². The number of carbonyl (C=O) groups excluding carboxylic acids is 1. The molecule has 0 saturated heterocycles. The first-order valence-corrected chi connectivity index (χ1v) is 10.8. The lowest BCUT2D eigenvalue weighted by atomic mass is 10.2. The van der Waals surface area contributed by atoms with Crippen LogP contribution in [0.3, 0.4) is 0 Å². The largest absolute Gasteiger partial charge is 0.306 e. The van der Waals surface area contributed by atoms with Crippen LogP contribution in [0.1, 0.15) is 16.1 Å². The van der Waals surface area contributed by atoms with Crippen molar-refractivity contribution in [3.63, 3.8) is 0 Å². The highest BCUT2D eigenvalue weighted by atomic mass is 79.9. The highest BCUT2D eigenvalue weighted by Gasteiger charge is 2.18. The summed E-state index contributed by atoms with van der Waals surface area (Å²) in [6.07, 6.45) is 3.12. The molecule has 0 unspecified atom stereocenters. The number of nitrogens with zero attached hydrogens (tertiary/aromatic N) is 6. The summed E-state index contributed by atoms with van der Waals surface area (Å²) < 4.78 is 4.19. The Morgan fingerprint density at radius 1 is 1.03 bits per heavy atom. The molecule has 8 nitrogen and oxygen atoms in total. The van der Waals surface area contributed by atoms with E-state index in [2.05, 4.69) is 41.4 Å². The summed E-state index contributed by atoms with van der Waals surface area (Å²) >= 11 is 9.38. The van der Waals surface area contributed by atoms with E-state index < -0.39 is 0 Å². The fourth-order valence-electron chi connectivity index (χ4n) is 3.31. The molecular formula is C22H15BrClN7O. The zero-order valence-corrected chi connectivity index (χ0v) is 19.0. The lowest BCUT2D eigenvalue weighted by Gasteiger charge is -2.09. The second kappa shape index (κ2) is 8.18. The maximum atomic E-state index is 12.8. The molecule has 0 bridgehead atoms. The number of hydrogen-bond donors (Lipinski definition) is 1. The highest BCUT2D eigenvalue weighted by molar-refractivity contribution is 9.10. The van der Waals surface area contributed by atoms with Crippen molar-refractivity contribution in [3.8, 4) is 11.5 Å². The molecular weight excluding hydrogens is 494 g/mol. The van der Waals surface area contributed by atoms with Gasteiger partial charge in [-0.3, -0.25) is 4.79 Å². The Kier molecular flexibility index (Phi) is 5.20. The molecule has 10 heteroatoms. The maximum Gasteiger partial charge on any atom is 0.256 e. The quantitative estimate of drug-likeness (QED) is 0.370. The zero-order chi connectivity index (χ0) is 22.2. The van der Waals surface area contributed by atoms with Gasteiger partial charge in [0.25, 0.3) is 5.91 Å². The van der Waals surface area contributed by atoms with E-state index in [9.17, 15) is 4.79 Å². The fraction of sp³-hybridized carbons (Fsp3) is 0.0455. The van der Waals surface area contributed by atoms with Crippen LogP contribution in [-0.2, 0) is 0 Å². The molecule has 3 aromatic heterocycles. The SMILES string of the molecule is Cc1cc(NC(=O)c2ccc(Br)cc2)n(-c2ncnc3c2cnn3-c2ccc(Cl)cc2)n1. The van der Waals surface area contributed by atoms with Crippen LogP contribution in [0.25, 0.3) is 22.5 Å². The third-order valence-corrected chi connectivity index (χ3v) is 5.58. The molecule has 1 N–H and O–H groups in total. The van der Waals surface area contributed by atoms with Gasteiger partial charge in [-0.1, -0.05) is 27.5 Å². The van der Waals surface area contributed by atoms with Crippen molar-refractivity contribution in [2.45, 2.75) is 6.92 Å². The molecule has 32 heavy (non-hydrogen) atoms. The predicted octanol–water partition coefficient (Wildman–Crippen LogP) is 4.98. The first kappa shape index (κ1) is 20.3. The van der Waals surface area contributed by atoms with Crippen molar-refractivity contribution in [3.05, 3.63) is 87.9 Å². The number of hydrogen-bond acceptors (Lipinski definition) is 5. The number of halogens is 2. The summed E-state index contributed by atoms with van der Waals surface area (Å²) in [5, 5.41) is 13.2. The van der Waals surface area contributed by atoms with Crippen LogP contribution < -0.4 is 5.32 Å². The van der Waals surface area contributed by atoms with Crippen molar-refractivity contribution in [1.29, 1.82) is 0 Å². The minimum Gasteiger partial charge on any atom is -0.306 e. The third kappa shape index (κ3) is 3.76. The summed E-state index contributed by atoms with van der Waals surface area (Å²) in [4.78, 5) is 21.6. The number of benzene rings is 2. The Hall–Kier alpha value is -3.56. The standard InChI is InChI=1S/C22H15BrClN7O/c1-13-10-19(28-22(32)14-2-4-15(23)5-3-14)31(29-13)21-18-11-27-30(20(18)25-12-26-21)17-8-6-16(24)7-9-17/h2-12H,1H3,(H,28,32). The zero-order valence-electron chi connectivity index (χ0n) is 16.7. The maximum absolute atomic E-state index is 12.8.